The van der Waals surface area contributed by atoms with Gasteiger partial charge in [-0.25, -0.2) is 0 Å². The number of halogens is 2. The molecule has 0 fully saturated rings. The van der Waals surface area contributed by atoms with Crippen molar-refractivity contribution in [1.82, 2.24) is 5.32 Å². The van der Waals surface area contributed by atoms with E-state index in [0.29, 0.717) is 5.56 Å². The lowest BCUT2D eigenvalue weighted by molar-refractivity contribution is -0.0498. The first-order valence-electron chi connectivity index (χ1n) is 6.48. The maximum Gasteiger partial charge on any atom is 0.387 e. The molecule has 1 unspecified atom stereocenters. The SMILES string of the molecule is CC(O)(CNC(=O)c1sccc1OC(F)F)c1ccccc1. The van der Waals surface area contributed by atoms with Crippen LogP contribution in [-0.4, -0.2) is 24.2 Å². The first-order valence-corrected chi connectivity index (χ1v) is 7.36. The molecule has 2 rings (SSSR count). The Morgan fingerprint density at radius 2 is 2.05 bits per heavy atom. The van der Waals surface area contributed by atoms with Crippen molar-refractivity contribution in [3.8, 4) is 5.75 Å². The molecule has 2 N–H and O–H groups in total. The summed E-state index contributed by atoms with van der Waals surface area (Å²) >= 11 is 0.994. The fourth-order valence-corrected chi connectivity index (χ4v) is 2.62. The molecular formula is C15H15F2NO3S. The van der Waals surface area contributed by atoms with E-state index in [1.807, 2.05) is 6.07 Å². The molecule has 2 aromatic rings. The van der Waals surface area contributed by atoms with Crippen molar-refractivity contribution in [1.29, 1.82) is 0 Å². The van der Waals surface area contributed by atoms with Crippen LogP contribution >= 0.6 is 11.3 Å². The maximum absolute atomic E-state index is 12.2. The minimum absolute atomic E-state index is 0.0455. The number of thiophene rings is 1. The first kappa shape index (κ1) is 16.4. The Kier molecular flexibility index (Phi) is 5.10. The summed E-state index contributed by atoms with van der Waals surface area (Å²) in [5, 5.41) is 14.4. The largest absolute Gasteiger partial charge is 0.433 e. The van der Waals surface area contributed by atoms with Gasteiger partial charge in [-0.3, -0.25) is 4.79 Å². The van der Waals surface area contributed by atoms with Gasteiger partial charge < -0.3 is 15.2 Å². The Morgan fingerprint density at radius 3 is 2.68 bits per heavy atom. The molecule has 7 heteroatoms. The fourth-order valence-electron chi connectivity index (χ4n) is 1.88. The van der Waals surface area contributed by atoms with E-state index in [4.69, 9.17) is 0 Å². The third-order valence-corrected chi connectivity index (χ3v) is 3.93. The van der Waals surface area contributed by atoms with Gasteiger partial charge in [0.15, 0.2) is 0 Å². The minimum Gasteiger partial charge on any atom is -0.433 e. The minimum atomic E-state index is -2.99. The van der Waals surface area contributed by atoms with Gasteiger partial charge in [-0.2, -0.15) is 8.78 Å². The van der Waals surface area contributed by atoms with Crippen LogP contribution in [0.1, 0.15) is 22.2 Å². The van der Waals surface area contributed by atoms with Crippen LogP contribution in [0.25, 0.3) is 0 Å². The molecule has 0 radical (unpaired) electrons. The second-order valence-corrected chi connectivity index (χ2v) is 5.73. The van der Waals surface area contributed by atoms with Crippen molar-refractivity contribution in [2.45, 2.75) is 19.1 Å². The van der Waals surface area contributed by atoms with E-state index in [-0.39, 0.29) is 17.2 Å². The van der Waals surface area contributed by atoms with Crippen LogP contribution in [0.15, 0.2) is 41.8 Å². The molecule has 1 aromatic heterocycles. The van der Waals surface area contributed by atoms with Gasteiger partial charge in [0.1, 0.15) is 16.2 Å². The van der Waals surface area contributed by atoms with Crippen molar-refractivity contribution in [3.05, 3.63) is 52.2 Å². The van der Waals surface area contributed by atoms with Gasteiger partial charge in [-0.05, 0) is 23.9 Å². The van der Waals surface area contributed by atoms with Gasteiger partial charge >= 0.3 is 6.61 Å². The maximum atomic E-state index is 12.2. The van der Waals surface area contributed by atoms with Crippen molar-refractivity contribution < 1.29 is 23.4 Å². The van der Waals surface area contributed by atoms with Gasteiger partial charge in [0.2, 0.25) is 0 Å². The highest BCUT2D eigenvalue weighted by Crippen LogP contribution is 2.27. The van der Waals surface area contributed by atoms with Gasteiger partial charge in [-0.1, -0.05) is 30.3 Å². The highest BCUT2D eigenvalue weighted by atomic mass is 32.1. The monoisotopic (exact) mass is 327 g/mol. The van der Waals surface area contributed by atoms with Crippen LogP contribution in [0, 0.1) is 0 Å². The van der Waals surface area contributed by atoms with E-state index >= 15 is 0 Å². The molecule has 4 nitrogen and oxygen atoms in total. The second kappa shape index (κ2) is 6.85. The number of nitrogens with one attached hydrogen (secondary N) is 1. The van der Waals surface area contributed by atoms with Crippen LogP contribution in [-0.2, 0) is 5.60 Å². The second-order valence-electron chi connectivity index (χ2n) is 4.82. The zero-order chi connectivity index (χ0) is 16.2. The van der Waals surface area contributed by atoms with E-state index in [2.05, 4.69) is 10.1 Å². The lowest BCUT2D eigenvalue weighted by Gasteiger charge is -2.24. The molecule has 0 spiro atoms. The lowest BCUT2D eigenvalue weighted by atomic mass is 9.96. The van der Waals surface area contributed by atoms with Gasteiger partial charge in [-0.15, -0.1) is 11.3 Å². The number of benzene rings is 1. The topological polar surface area (TPSA) is 58.6 Å². The number of amides is 1. The highest BCUT2D eigenvalue weighted by molar-refractivity contribution is 7.12. The summed E-state index contributed by atoms with van der Waals surface area (Å²) in [4.78, 5) is 12.1. The van der Waals surface area contributed by atoms with Gasteiger partial charge in [0.05, 0.1) is 6.54 Å². The summed E-state index contributed by atoms with van der Waals surface area (Å²) in [6, 6.07) is 10.2. The third-order valence-electron chi connectivity index (χ3n) is 3.04. The molecule has 0 saturated carbocycles. The molecular weight excluding hydrogens is 312 g/mol. The van der Waals surface area contributed by atoms with E-state index in [9.17, 15) is 18.7 Å². The summed E-state index contributed by atoms with van der Waals surface area (Å²) in [5.41, 5.74) is -0.622. The highest BCUT2D eigenvalue weighted by Gasteiger charge is 2.25. The number of hydrogen-bond donors (Lipinski definition) is 2. The van der Waals surface area contributed by atoms with Crippen molar-refractivity contribution in [2.75, 3.05) is 6.54 Å². The van der Waals surface area contributed by atoms with Crippen LogP contribution in [0.4, 0.5) is 8.78 Å². The van der Waals surface area contributed by atoms with Crippen molar-refractivity contribution in [2.24, 2.45) is 0 Å². The molecule has 1 aromatic carbocycles. The average Bonchev–Trinajstić information content (AvgIpc) is 2.93. The van der Waals surface area contributed by atoms with E-state index < -0.39 is 18.1 Å². The summed E-state index contributed by atoms with van der Waals surface area (Å²) < 4.78 is 28.8. The number of hydrogen-bond acceptors (Lipinski definition) is 4. The normalized spacial score (nSPS) is 13.7. The Morgan fingerprint density at radius 1 is 1.36 bits per heavy atom. The van der Waals surface area contributed by atoms with E-state index in [0.717, 1.165) is 11.3 Å². The summed E-state index contributed by atoms with van der Waals surface area (Å²) in [7, 11) is 0. The molecule has 0 aliphatic heterocycles. The number of alkyl halides is 2. The van der Waals surface area contributed by atoms with Crippen LogP contribution in [0.3, 0.4) is 0 Å². The molecule has 0 saturated heterocycles. The Labute approximate surface area is 130 Å². The lowest BCUT2D eigenvalue weighted by Crippen LogP contribution is -2.38. The summed E-state index contributed by atoms with van der Waals surface area (Å²) in [6.07, 6.45) is 0. The zero-order valence-electron chi connectivity index (χ0n) is 11.8. The number of aliphatic hydroxyl groups is 1. The van der Waals surface area contributed by atoms with Crippen LogP contribution in [0.5, 0.6) is 5.75 Å². The standard InChI is InChI=1S/C15H15F2NO3S/c1-15(20,10-5-3-2-4-6-10)9-18-13(19)12-11(7-8-22-12)21-14(16)17/h2-8,14,20H,9H2,1H3,(H,18,19). The molecule has 1 amide bonds. The Balaban J connectivity index is 2.03. The number of rotatable bonds is 6. The molecule has 1 heterocycles. The quantitative estimate of drug-likeness (QED) is 0.857. The Bertz CT molecular complexity index is 629. The van der Waals surface area contributed by atoms with Crippen molar-refractivity contribution in [3.63, 3.8) is 0 Å². The first-order chi connectivity index (χ1) is 10.4. The molecule has 0 bridgehead atoms. The third kappa shape index (κ3) is 4.02. The Hall–Kier alpha value is -1.99. The van der Waals surface area contributed by atoms with Crippen LogP contribution < -0.4 is 10.1 Å². The van der Waals surface area contributed by atoms with E-state index in [1.165, 1.54) is 11.4 Å². The molecule has 22 heavy (non-hydrogen) atoms. The predicted octanol–water partition coefficient (Wildman–Crippen LogP) is 2.99. The van der Waals surface area contributed by atoms with Gasteiger partial charge in [0, 0.05) is 0 Å². The predicted molar refractivity (Wildman–Crippen MR) is 79.3 cm³/mol. The smallest absolute Gasteiger partial charge is 0.387 e. The van der Waals surface area contributed by atoms with Gasteiger partial charge in [0.25, 0.3) is 5.91 Å². The molecule has 1 atom stereocenters. The average molecular weight is 327 g/mol. The summed E-state index contributed by atoms with van der Waals surface area (Å²) in [5.74, 6) is -0.737. The number of carbonyl (C=O) groups is 1. The van der Waals surface area contributed by atoms with Crippen molar-refractivity contribution >= 4 is 17.2 Å². The summed E-state index contributed by atoms with van der Waals surface area (Å²) in [6.45, 7) is -1.48. The fraction of sp³-hybridized carbons (Fsp3) is 0.267. The number of ether oxygens (including phenoxy) is 1. The zero-order valence-corrected chi connectivity index (χ0v) is 12.6. The molecule has 0 aliphatic carbocycles. The number of carbonyl (C=O) groups excluding carboxylic acids is 1. The molecule has 0 aliphatic rings. The van der Waals surface area contributed by atoms with E-state index in [1.54, 1.807) is 31.2 Å². The molecule has 118 valence electrons. The van der Waals surface area contributed by atoms with Crippen LogP contribution in [0.2, 0.25) is 0 Å².